The molecular weight excluding hydrogens is 320 g/mol. The molecule has 1 aromatic heterocycles. The van der Waals surface area contributed by atoms with Crippen LogP contribution in [-0.2, 0) is 0 Å². The van der Waals surface area contributed by atoms with Crippen LogP contribution in [0.4, 0.5) is 5.69 Å². The van der Waals surface area contributed by atoms with Crippen LogP contribution < -0.4 is 10.2 Å². The van der Waals surface area contributed by atoms with Gasteiger partial charge in [-0.2, -0.15) is 5.10 Å². The van der Waals surface area contributed by atoms with Crippen LogP contribution >= 0.6 is 0 Å². The highest BCUT2D eigenvalue weighted by molar-refractivity contribution is 6.08. The van der Waals surface area contributed by atoms with Gasteiger partial charge in [0.15, 0.2) is 11.8 Å². The van der Waals surface area contributed by atoms with Gasteiger partial charge in [0.2, 0.25) is 5.88 Å². The summed E-state index contributed by atoms with van der Waals surface area (Å²) >= 11 is 0. The number of hydrogen-bond donors (Lipinski definition) is 3. The lowest BCUT2D eigenvalue weighted by atomic mass is 10.1. The zero-order chi connectivity index (χ0) is 17.2. The van der Waals surface area contributed by atoms with E-state index in [1.54, 1.807) is 0 Å². The first-order valence-corrected chi connectivity index (χ1v) is 7.87. The molecule has 1 aliphatic rings. The molecule has 3 aromatic rings. The van der Waals surface area contributed by atoms with E-state index in [0.717, 1.165) is 5.69 Å². The second kappa shape index (κ2) is 6.46. The molecule has 2 heterocycles. The van der Waals surface area contributed by atoms with Crippen molar-refractivity contribution in [1.82, 2.24) is 9.97 Å². The van der Waals surface area contributed by atoms with Gasteiger partial charge in [-0.1, -0.05) is 30.3 Å². The first kappa shape index (κ1) is 15.5. The zero-order valence-corrected chi connectivity index (χ0v) is 13.2. The van der Waals surface area contributed by atoms with Crippen LogP contribution in [0.2, 0.25) is 0 Å². The van der Waals surface area contributed by atoms with Crippen molar-refractivity contribution in [3.05, 3.63) is 60.3 Å². The number of para-hydroxylation sites is 3. The fourth-order valence-corrected chi connectivity index (χ4v) is 2.65. The fourth-order valence-electron chi connectivity index (χ4n) is 2.65. The Bertz CT molecular complexity index is 930. The van der Waals surface area contributed by atoms with E-state index in [0.29, 0.717) is 28.3 Å². The van der Waals surface area contributed by atoms with Crippen LogP contribution in [0, 0.1) is 0 Å². The second-order valence-electron chi connectivity index (χ2n) is 5.63. The average Bonchev–Trinajstić information content (AvgIpc) is 3.02. The van der Waals surface area contributed by atoms with Crippen LogP contribution in [0.3, 0.4) is 0 Å². The number of nitrogens with zero attached hydrogens (tertiary/aromatic N) is 3. The van der Waals surface area contributed by atoms with Crippen molar-refractivity contribution >= 4 is 22.4 Å². The molecule has 7 heteroatoms. The van der Waals surface area contributed by atoms with Crippen molar-refractivity contribution in [2.75, 3.05) is 12.0 Å². The third-order valence-electron chi connectivity index (χ3n) is 3.91. The summed E-state index contributed by atoms with van der Waals surface area (Å²) in [5.74, 6) is 0.296. The molecule has 0 radical (unpaired) electrons. The van der Waals surface area contributed by atoms with E-state index >= 15 is 0 Å². The minimum Gasteiger partial charge on any atom is -0.463 e. The third-order valence-corrected chi connectivity index (χ3v) is 3.91. The number of nitrogens with one attached hydrogen (secondary N) is 1. The Morgan fingerprint density at radius 2 is 1.72 bits per heavy atom. The standard InChI is InChI=1S/C18H16N4O3/c23-10-14(24)17-15(22-21-11-6-2-1-3-7-11)16-18(25-17)20-13-9-5-4-8-12(13)19-16/h1-9,14,17,21,23-24H,10H2/b22-15+/t14-,17+/m1/s1. The maximum atomic E-state index is 10.1. The Kier molecular flexibility index (Phi) is 4.01. The Labute approximate surface area is 143 Å². The lowest BCUT2D eigenvalue weighted by Crippen LogP contribution is -2.38. The van der Waals surface area contributed by atoms with Gasteiger partial charge in [-0.05, 0) is 24.3 Å². The van der Waals surface area contributed by atoms with Gasteiger partial charge in [-0.15, -0.1) is 0 Å². The molecule has 0 saturated carbocycles. The van der Waals surface area contributed by atoms with Crippen molar-refractivity contribution < 1.29 is 14.9 Å². The Morgan fingerprint density at radius 1 is 1.04 bits per heavy atom. The molecule has 4 rings (SSSR count). The molecule has 2 atom stereocenters. The summed E-state index contributed by atoms with van der Waals surface area (Å²) in [6.45, 7) is -0.456. The van der Waals surface area contributed by atoms with Crippen molar-refractivity contribution in [2.24, 2.45) is 5.10 Å². The smallest absolute Gasteiger partial charge is 0.243 e. The van der Waals surface area contributed by atoms with E-state index in [4.69, 9.17) is 4.74 Å². The maximum absolute atomic E-state index is 10.1. The highest BCUT2D eigenvalue weighted by Crippen LogP contribution is 2.29. The average molecular weight is 336 g/mol. The number of rotatable bonds is 4. The topological polar surface area (TPSA) is 99.9 Å². The largest absolute Gasteiger partial charge is 0.463 e. The molecule has 0 saturated heterocycles. The number of aromatic nitrogens is 2. The van der Waals surface area contributed by atoms with Gasteiger partial charge in [0.1, 0.15) is 11.8 Å². The van der Waals surface area contributed by atoms with E-state index in [-0.39, 0.29) is 0 Å². The van der Waals surface area contributed by atoms with Crippen molar-refractivity contribution in [3.63, 3.8) is 0 Å². The number of hydrogen-bond acceptors (Lipinski definition) is 7. The molecule has 0 fully saturated rings. The predicted octanol–water partition coefficient (Wildman–Crippen LogP) is 1.56. The highest BCUT2D eigenvalue weighted by Gasteiger charge is 2.38. The first-order chi connectivity index (χ1) is 12.3. The zero-order valence-electron chi connectivity index (χ0n) is 13.2. The lowest BCUT2D eigenvalue weighted by molar-refractivity contribution is 0.0321. The number of benzene rings is 2. The third kappa shape index (κ3) is 2.90. The van der Waals surface area contributed by atoms with E-state index in [2.05, 4.69) is 20.5 Å². The quantitative estimate of drug-likeness (QED) is 0.625. The first-order valence-electron chi connectivity index (χ1n) is 7.87. The van der Waals surface area contributed by atoms with Gasteiger partial charge in [0, 0.05) is 0 Å². The number of hydrazone groups is 1. The molecule has 0 bridgehead atoms. The summed E-state index contributed by atoms with van der Waals surface area (Å²) in [4.78, 5) is 9.01. The molecule has 2 aromatic carbocycles. The van der Waals surface area contributed by atoms with Crippen LogP contribution in [0.1, 0.15) is 5.69 Å². The molecule has 126 valence electrons. The SMILES string of the molecule is OC[C@@H](O)[C@@H]1Oc2nc3ccccc3nc2/C1=N\Nc1ccccc1. The highest BCUT2D eigenvalue weighted by atomic mass is 16.5. The fraction of sp³-hybridized carbons (Fsp3) is 0.167. The number of aliphatic hydroxyl groups excluding tert-OH is 2. The summed E-state index contributed by atoms with van der Waals surface area (Å²) in [6, 6.07) is 16.8. The maximum Gasteiger partial charge on any atom is 0.243 e. The summed E-state index contributed by atoms with van der Waals surface area (Å²) in [6.07, 6.45) is -1.97. The van der Waals surface area contributed by atoms with Crippen LogP contribution in [0.25, 0.3) is 11.0 Å². The van der Waals surface area contributed by atoms with Crippen molar-refractivity contribution in [1.29, 1.82) is 0 Å². The number of fused-ring (bicyclic) bond motifs is 2. The van der Waals surface area contributed by atoms with Gasteiger partial charge in [-0.3, -0.25) is 5.43 Å². The van der Waals surface area contributed by atoms with Gasteiger partial charge in [0.25, 0.3) is 0 Å². The molecule has 0 spiro atoms. The molecule has 7 nitrogen and oxygen atoms in total. The van der Waals surface area contributed by atoms with Crippen molar-refractivity contribution in [2.45, 2.75) is 12.2 Å². The van der Waals surface area contributed by atoms with Gasteiger partial charge < -0.3 is 14.9 Å². The monoisotopic (exact) mass is 336 g/mol. The Morgan fingerprint density at radius 3 is 2.44 bits per heavy atom. The Balaban J connectivity index is 1.77. The minimum atomic E-state index is -1.13. The number of aliphatic hydroxyl groups is 2. The minimum absolute atomic E-state index is 0.296. The van der Waals surface area contributed by atoms with E-state index in [1.165, 1.54) is 0 Å². The van der Waals surface area contributed by atoms with Gasteiger partial charge >= 0.3 is 0 Å². The van der Waals surface area contributed by atoms with Crippen LogP contribution in [0.5, 0.6) is 5.88 Å². The van der Waals surface area contributed by atoms with Crippen molar-refractivity contribution in [3.8, 4) is 5.88 Å². The second-order valence-corrected chi connectivity index (χ2v) is 5.63. The molecule has 25 heavy (non-hydrogen) atoms. The summed E-state index contributed by atoms with van der Waals surface area (Å²) in [5, 5.41) is 23.8. The van der Waals surface area contributed by atoms with Gasteiger partial charge in [-0.25, -0.2) is 9.97 Å². The number of ether oxygens (including phenoxy) is 1. The predicted molar refractivity (Wildman–Crippen MR) is 93.6 cm³/mol. The molecular formula is C18H16N4O3. The molecule has 0 aliphatic carbocycles. The Hall–Kier alpha value is -3.03. The van der Waals surface area contributed by atoms with E-state index < -0.39 is 18.8 Å². The lowest BCUT2D eigenvalue weighted by Gasteiger charge is -2.15. The van der Waals surface area contributed by atoms with E-state index in [1.807, 2.05) is 54.6 Å². The van der Waals surface area contributed by atoms with E-state index in [9.17, 15) is 10.2 Å². The van der Waals surface area contributed by atoms with Gasteiger partial charge in [0.05, 0.1) is 23.3 Å². The van der Waals surface area contributed by atoms with Crippen LogP contribution in [0.15, 0.2) is 59.7 Å². The molecule has 3 N–H and O–H groups in total. The van der Waals surface area contributed by atoms with Crippen LogP contribution in [-0.4, -0.2) is 44.7 Å². The molecule has 0 unspecified atom stereocenters. The normalized spacial score (nSPS) is 18.8. The molecule has 0 amide bonds. The summed E-state index contributed by atoms with van der Waals surface area (Å²) in [7, 11) is 0. The molecule has 1 aliphatic heterocycles. The summed E-state index contributed by atoms with van der Waals surface area (Å²) < 4.78 is 5.71. The summed E-state index contributed by atoms with van der Waals surface area (Å²) in [5.41, 5.74) is 5.97. The number of anilines is 1.